The summed E-state index contributed by atoms with van der Waals surface area (Å²) in [6.45, 7) is 0. The summed E-state index contributed by atoms with van der Waals surface area (Å²) in [7, 11) is -1.37. The van der Waals surface area contributed by atoms with E-state index in [0.29, 0.717) is 24.1 Å². The topological polar surface area (TPSA) is 101 Å². The molecule has 2 heterocycles. The van der Waals surface area contributed by atoms with Crippen LogP contribution in [0.3, 0.4) is 0 Å². The molecule has 0 amide bonds. The van der Waals surface area contributed by atoms with E-state index in [0.717, 1.165) is 21.2 Å². The molecule has 2 aromatic heterocycles. The summed E-state index contributed by atoms with van der Waals surface area (Å²) < 4.78 is 10.5. The lowest BCUT2D eigenvalue weighted by Crippen LogP contribution is -2.05. The van der Waals surface area contributed by atoms with Crippen molar-refractivity contribution in [2.24, 2.45) is 0 Å². The molecular formula is C26H22BBrO6. The Kier molecular flexibility index (Phi) is 11.8. The van der Waals surface area contributed by atoms with Gasteiger partial charge in [-0.25, -0.2) is 0 Å². The predicted octanol–water partition coefficient (Wildman–Crippen LogP) is 5.83. The van der Waals surface area contributed by atoms with Gasteiger partial charge in [0, 0.05) is 11.6 Å². The van der Waals surface area contributed by atoms with Crippen LogP contribution in [0.1, 0.15) is 37.8 Å². The summed E-state index contributed by atoms with van der Waals surface area (Å²) >= 11 is 3.12. The number of aldehydes is 2. The van der Waals surface area contributed by atoms with Crippen LogP contribution in [0.15, 0.2) is 105 Å². The third kappa shape index (κ3) is 10.7. The molecule has 0 bridgehead atoms. The summed E-state index contributed by atoms with van der Waals surface area (Å²) in [5, 5.41) is 17.0. The highest BCUT2D eigenvalue weighted by molar-refractivity contribution is 9.10. The maximum Gasteiger partial charge on any atom is 0.480 e. The van der Waals surface area contributed by atoms with Crippen molar-refractivity contribution in [1.29, 1.82) is 0 Å². The van der Waals surface area contributed by atoms with Crippen LogP contribution in [0.25, 0.3) is 18.2 Å². The van der Waals surface area contributed by atoms with Crippen molar-refractivity contribution in [2.45, 2.75) is 0 Å². The monoisotopic (exact) mass is 520 g/mol. The van der Waals surface area contributed by atoms with Crippen LogP contribution in [0, 0.1) is 0 Å². The van der Waals surface area contributed by atoms with E-state index in [4.69, 9.17) is 18.9 Å². The van der Waals surface area contributed by atoms with Crippen molar-refractivity contribution >= 4 is 53.8 Å². The minimum atomic E-state index is -1.37. The molecular weight excluding hydrogens is 499 g/mol. The number of benzene rings is 2. The van der Waals surface area contributed by atoms with Gasteiger partial charge in [0.15, 0.2) is 24.1 Å². The van der Waals surface area contributed by atoms with Gasteiger partial charge in [-0.2, -0.15) is 0 Å². The fraction of sp³-hybridized carbons (Fsp3) is 0. The summed E-state index contributed by atoms with van der Waals surface area (Å²) in [6.07, 6.45) is 9.91. The summed E-state index contributed by atoms with van der Waals surface area (Å²) in [5.41, 5.74) is 2.97. The lowest BCUT2D eigenvalue weighted by molar-refractivity contribution is 0.109. The zero-order chi connectivity index (χ0) is 24.6. The fourth-order valence-electron chi connectivity index (χ4n) is 2.43. The molecule has 0 radical (unpaired) electrons. The molecule has 2 aromatic carbocycles. The number of carbonyl (C=O) groups is 2. The molecule has 0 saturated heterocycles. The summed E-state index contributed by atoms with van der Waals surface area (Å²) in [4.78, 5) is 20.3. The van der Waals surface area contributed by atoms with E-state index in [9.17, 15) is 9.59 Å². The van der Waals surface area contributed by atoms with E-state index < -0.39 is 7.12 Å². The van der Waals surface area contributed by atoms with E-state index in [1.807, 2.05) is 72.8 Å². The van der Waals surface area contributed by atoms with Crippen molar-refractivity contribution in [3.63, 3.8) is 0 Å². The van der Waals surface area contributed by atoms with Gasteiger partial charge in [-0.15, -0.1) is 0 Å². The lowest BCUT2D eigenvalue weighted by atomic mass is 9.91. The summed E-state index contributed by atoms with van der Waals surface area (Å²) in [6, 6.07) is 22.7. The van der Waals surface area contributed by atoms with Crippen molar-refractivity contribution < 1.29 is 28.5 Å². The molecule has 4 aromatic rings. The Morgan fingerprint density at radius 2 is 1.18 bits per heavy atom. The van der Waals surface area contributed by atoms with Gasteiger partial charge >= 0.3 is 7.12 Å². The molecule has 4 rings (SSSR count). The van der Waals surface area contributed by atoms with Gasteiger partial charge in [0.1, 0.15) is 6.26 Å². The molecule has 0 aliphatic rings. The molecule has 0 atom stereocenters. The largest absolute Gasteiger partial charge is 0.480 e. The Hall–Kier alpha value is -3.72. The van der Waals surface area contributed by atoms with Crippen LogP contribution in [-0.2, 0) is 0 Å². The van der Waals surface area contributed by atoms with Crippen molar-refractivity contribution in [1.82, 2.24) is 0 Å². The predicted molar refractivity (Wildman–Crippen MR) is 137 cm³/mol. The van der Waals surface area contributed by atoms with Crippen molar-refractivity contribution in [3.8, 4) is 0 Å². The Balaban J connectivity index is 0.000000190. The van der Waals surface area contributed by atoms with Crippen LogP contribution in [0.4, 0.5) is 0 Å². The van der Waals surface area contributed by atoms with Crippen LogP contribution in [0.2, 0.25) is 0 Å². The van der Waals surface area contributed by atoms with Crippen molar-refractivity contribution in [2.75, 3.05) is 0 Å². The Bertz CT molecular complexity index is 1180. The third-order valence-electron chi connectivity index (χ3n) is 3.99. The quantitative estimate of drug-likeness (QED) is 0.245. The molecule has 172 valence electrons. The minimum absolute atomic E-state index is 0.344. The standard InChI is InChI=1S/C13H10O2.C8H9BO2.C5H3BrO2/c14-9-13-8-12(10-15-13)7-6-11-4-2-1-3-5-11;10-9(11)7-6-8-4-2-1-3-5-8;6-4-1-5(2-7)8-3-4/h1-10H;1-7,10-11H;1-3H/b2*7-6+;. The molecule has 0 saturated carbocycles. The van der Waals surface area contributed by atoms with Gasteiger partial charge in [-0.1, -0.05) is 84.9 Å². The highest BCUT2D eigenvalue weighted by Crippen LogP contribution is 2.12. The first-order valence-corrected chi connectivity index (χ1v) is 10.8. The first-order chi connectivity index (χ1) is 16.5. The zero-order valence-corrected chi connectivity index (χ0v) is 19.6. The van der Waals surface area contributed by atoms with Crippen molar-refractivity contribution in [3.05, 3.63) is 124 Å². The molecule has 0 aliphatic carbocycles. The second-order valence-corrected chi connectivity index (χ2v) is 7.53. The van der Waals surface area contributed by atoms with Crippen LogP contribution >= 0.6 is 15.9 Å². The number of carbonyl (C=O) groups excluding carboxylic acids is 2. The lowest BCUT2D eigenvalue weighted by Gasteiger charge is -1.90. The maximum absolute atomic E-state index is 10.4. The van der Waals surface area contributed by atoms with Gasteiger partial charge in [0.2, 0.25) is 0 Å². The Morgan fingerprint density at radius 3 is 1.62 bits per heavy atom. The molecule has 0 spiro atoms. The Labute approximate surface area is 206 Å². The first kappa shape index (κ1) is 26.5. The van der Waals surface area contributed by atoms with Crippen LogP contribution in [0.5, 0.6) is 0 Å². The highest BCUT2D eigenvalue weighted by atomic mass is 79.9. The molecule has 6 nitrogen and oxygen atoms in total. The third-order valence-corrected chi connectivity index (χ3v) is 4.40. The SMILES string of the molecule is O=Cc1cc(/C=C/c2ccccc2)co1.O=Cc1cc(Br)co1.OB(O)/C=C/c1ccccc1. The van der Waals surface area contributed by atoms with Crippen LogP contribution < -0.4 is 0 Å². The fourth-order valence-corrected chi connectivity index (χ4v) is 2.74. The molecule has 2 N–H and O–H groups in total. The summed E-state index contributed by atoms with van der Waals surface area (Å²) in [5.74, 6) is 2.01. The second kappa shape index (κ2) is 15.2. The van der Waals surface area contributed by atoms with Gasteiger partial charge in [0.05, 0.1) is 10.7 Å². The highest BCUT2D eigenvalue weighted by Gasteiger charge is 1.97. The Morgan fingerprint density at radius 1 is 0.676 bits per heavy atom. The molecule has 34 heavy (non-hydrogen) atoms. The molecule has 0 unspecified atom stereocenters. The molecule has 0 aliphatic heterocycles. The number of halogens is 1. The molecule has 8 heteroatoms. The van der Waals surface area contributed by atoms with Gasteiger partial charge in [0.25, 0.3) is 0 Å². The van der Waals surface area contributed by atoms with E-state index >= 15 is 0 Å². The number of hydrogen-bond acceptors (Lipinski definition) is 6. The normalized spacial score (nSPS) is 10.2. The average Bonchev–Trinajstić information content (AvgIpc) is 3.52. The van der Waals surface area contributed by atoms with E-state index in [1.165, 1.54) is 12.2 Å². The van der Waals surface area contributed by atoms with E-state index in [2.05, 4.69) is 15.9 Å². The number of furan rings is 2. The van der Waals surface area contributed by atoms with E-state index in [-0.39, 0.29) is 0 Å². The molecule has 0 fully saturated rings. The van der Waals surface area contributed by atoms with Crippen LogP contribution in [-0.4, -0.2) is 29.7 Å². The average molecular weight is 521 g/mol. The first-order valence-electron chi connectivity index (χ1n) is 10.1. The zero-order valence-electron chi connectivity index (χ0n) is 18.0. The van der Waals surface area contributed by atoms with Gasteiger partial charge < -0.3 is 18.9 Å². The second-order valence-electron chi connectivity index (χ2n) is 6.61. The maximum atomic E-state index is 10.4. The number of rotatable bonds is 6. The van der Waals surface area contributed by atoms with E-state index in [1.54, 1.807) is 24.5 Å². The number of hydrogen-bond donors (Lipinski definition) is 2. The smallest absolute Gasteiger partial charge is 0.461 e. The van der Waals surface area contributed by atoms with Gasteiger partial charge in [-0.05, 0) is 33.1 Å². The van der Waals surface area contributed by atoms with Gasteiger partial charge in [-0.3, -0.25) is 9.59 Å². The minimum Gasteiger partial charge on any atom is -0.461 e.